The molecule has 0 aliphatic carbocycles. The molecule has 3 aromatic rings. The molecule has 26 heavy (non-hydrogen) atoms. The average molecular weight is 366 g/mol. The van der Waals surface area contributed by atoms with Crippen molar-refractivity contribution >= 4 is 11.5 Å². The highest BCUT2D eigenvalue weighted by Crippen LogP contribution is 2.29. The fraction of sp³-hybridized carbons (Fsp3) is 0.375. The Labute approximate surface area is 147 Å². The minimum atomic E-state index is -4.43. The summed E-state index contributed by atoms with van der Waals surface area (Å²) in [7, 11) is 0. The molecule has 7 nitrogen and oxygen atoms in total. The zero-order chi connectivity index (χ0) is 18.7. The minimum Gasteiger partial charge on any atom is -0.374 e. The van der Waals surface area contributed by atoms with Crippen molar-refractivity contribution in [3.63, 3.8) is 0 Å². The zero-order valence-corrected chi connectivity index (χ0v) is 14.2. The van der Waals surface area contributed by atoms with Gasteiger partial charge in [0.15, 0.2) is 17.3 Å². The van der Waals surface area contributed by atoms with E-state index in [0.29, 0.717) is 29.7 Å². The highest BCUT2D eigenvalue weighted by atomic mass is 19.4. The number of aromatic nitrogens is 5. The number of rotatable bonds is 6. The van der Waals surface area contributed by atoms with E-state index in [0.717, 1.165) is 18.0 Å². The Bertz CT molecular complexity index is 909. The molecule has 3 heterocycles. The summed E-state index contributed by atoms with van der Waals surface area (Å²) >= 11 is 0. The van der Waals surface area contributed by atoms with Crippen LogP contribution in [-0.2, 0) is 24.1 Å². The first-order valence-corrected chi connectivity index (χ1v) is 7.94. The summed E-state index contributed by atoms with van der Waals surface area (Å²) in [5.41, 5.74) is 0.330. The van der Waals surface area contributed by atoms with Crippen molar-refractivity contribution in [3.8, 4) is 0 Å². The quantitative estimate of drug-likeness (QED) is 0.723. The topological polar surface area (TPSA) is 77.2 Å². The Kier molecular flexibility index (Phi) is 5.03. The third kappa shape index (κ3) is 4.07. The molecule has 0 fully saturated rings. The molecule has 0 radical (unpaired) electrons. The molecule has 0 aromatic carbocycles. The molecule has 0 unspecified atom stereocenters. The van der Waals surface area contributed by atoms with Crippen molar-refractivity contribution < 1.29 is 17.9 Å². The lowest BCUT2D eigenvalue weighted by Gasteiger charge is -2.09. The first-order chi connectivity index (χ1) is 12.4. The summed E-state index contributed by atoms with van der Waals surface area (Å²) in [6.45, 7) is 4.70. The van der Waals surface area contributed by atoms with Gasteiger partial charge in [-0.2, -0.15) is 13.2 Å². The number of alkyl halides is 3. The van der Waals surface area contributed by atoms with Gasteiger partial charge in [-0.25, -0.2) is 9.97 Å². The van der Waals surface area contributed by atoms with Crippen LogP contribution in [-0.4, -0.2) is 31.2 Å². The van der Waals surface area contributed by atoms with Gasteiger partial charge in [0.2, 0.25) is 0 Å². The molecule has 10 heteroatoms. The van der Waals surface area contributed by atoms with Gasteiger partial charge in [0.1, 0.15) is 12.4 Å². The van der Waals surface area contributed by atoms with Crippen LogP contribution >= 0.6 is 0 Å². The molecule has 138 valence electrons. The molecule has 0 aliphatic heterocycles. The standard InChI is InChI=1S/C16H17F3N6O/c1-3-26-9-13-21-10(2)6-12(22-13)20-7-15-24-23-14-5-4-11(8-25(14)15)16(17,18)19/h4-6,8H,3,7,9H2,1-2H3,(H,20,21,22). The lowest BCUT2D eigenvalue weighted by molar-refractivity contribution is -0.137. The highest BCUT2D eigenvalue weighted by molar-refractivity contribution is 5.41. The first-order valence-electron chi connectivity index (χ1n) is 7.94. The lowest BCUT2D eigenvalue weighted by atomic mass is 10.3. The van der Waals surface area contributed by atoms with Gasteiger partial charge in [-0.05, 0) is 26.0 Å². The van der Waals surface area contributed by atoms with Crippen LogP contribution in [0.25, 0.3) is 5.65 Å². The van der Waals surface area contributed by atoms with Crippen LogP contribution in [0.3, 0.4) is 0 Å². The van der Waals surface area contributed by atoms with Crippen LogP contribution in [0, 0.1) is 6.92 Å². The number of nitrogens with one attached hydrogen (secondary N) is 1. The van der Waals surface area contributed by atoms with E-state index in [1.165, 1.54) is 10.5 Å². The van der Waals surface area contributed by atoms with Gasteiger partial charge in [-0.3, -0.25) is 4.40 Å². The van der Waals surface area contributed by atoms with Gasteiger partial charge >= 0.3 is 6.18 Å². The number of fused-ring (bicyclic) bond motifs is 1. The third-order valence-electron chi connectivity index (χ3n) is 3.56. The fourth-order valence-corrected chi connectivity index (χ4v) is 2.37. The zero-order valence-electron chi connectivity index (χ0n) is 14.2. The van der Waals surface area contributed by atoms with Crippen molar-refractivity contribution in [2.75, 3.05) is 11.9 Å². The SMILES string of the molecule is CCOCc1nc(C)cc(NCc2nnc3ccc(C(F)(F)F)cn23)n1. The third-order valence-corrected chi connectivity index (χ3v) is 3.56. The number of hydrogen-bond donors (Lipinski definition) is 1. The average Bonchev–Trinajstić information content (AvgIpc) is 2.99. The summed E-state index contributed by atoms with van der Waals surface area (Å²) in [5, 5.41) is 10.9. The van der Waals surface area contributed by atoms with Gasteiger partial charge < -0.3 is 10.1 Å². The summed E-state index contributed by atoms with van der Waals surface area (Å²) < 4.78 is 45.3. The van der Waals surface area contributed by atoms with E-state index in [1.54, 1.807) is 6.07 Å². The maximum absolute atomic E-state index is 12.9. The number of nitrogens with zero attached hydrogens (tertiary/aromatic N) is 5. The number of ether oxygens (including phenoxy) is 1. The molecule has 0 bridgehead atoms. The predicted octanol–water partition coefficient (Wildman–Crippen LogP) is 3.00. The van der Waals surface area contributed by atoms with Crippen molar-refractivity contribution in [3.05, 3.63) is 47.3 Å². The predicted molar refractivity (Wildman–Crippen MR) is 87.4 cm³/mol. The first kappa shape index (κ1) is 18.1. The summed E-state index contributed by atoms with van der Waals surface area (Å²) in [6.07, 6.45) is -3.45. The second kappa shape index (κ2) is 7.24. The van der Waals surface area contributed by atoms with Gasteiger partial charge in [-0.15, -0.1) is 10.2 Å². The fourth-order valence-electron chi connectivity index (χ4n) is 2.37. The summed E-state index contributed by atoms with van der Waals surface area (Å²) in [6, 6.07) is 4.00. The van der Waals surface area contributed by atoms with Crippen molar-refractivity contribution in [1.82, 2.24) is 24.6 Å². The maximum atomic E-state index is 12.9. The minimum absolute atomic E-state index is 0.160. The Morgan fingerprint density at radius 2 is 2.00 bits per heavy atom. The molecule has 1 N–H and O–H groups in total. The molecule has 0 aliphatic rings. The molecule has 0 spiro atoms. The van der Waals surface area contributed by atoms with E-state index >= 15 is 0 Å². The number of hydrogen-bond acceptors (Lipinski definition) is 6. The normalized spacial score (nSPS) is 11.9. The molecule has 0 amide bonds. The number of halogens is 3. The smallest absolute Gasteiger partial charge is 0.374 e. The van der Waals surface area contributed by atoms with E-state index in [-0.39, 0.29) is 13.2 Å². The molecular weight excluding hydrogens is 349 g/mol. The van der Waals surface area contributed by atoms with Crippen molar-refractivity contribution in [1.29, 1.82) is 0 Å². The van der Waals surface area contributed by atoms with Gasteiger partial charge in [-0.1, -0.05) is 0 Å². The molecule has 3 rings (SSSR count). The summed E-state index contributed by atoms with van der Waals surface area (Å²) in [5.74, 6) is 1.41. The van der Waals surface area contributed by atoms with Gasteiger partial charge in [0.05, 0.1) is 12.1 Å². The lowest BCUT2D eigenvalue weighted by Crippen LogP contribution is -2.10. The maximum Gasteiger partial charge on any atom is 0.417 e. The number of aryl methyl sites for hydroxylation is 1. The van der Waals surface area contributed by atoms with E-state index in [9.17, 15) is 13.2 Å². The van der Waals surface area contributed by atoms with Gasteiger partial charge in [0.25, 0.3) is 0 Å². The largest absolute Gasteiger partial charge is 0.417 e. The monoisotopic (exact) mass is 366 g/mol. The Hall–Kier alpha value is -2.75. The van der Waals surface area contributed by atoms with E-state index in [4.69, 9.17) is 4.74 Å². The highest BCUT2D eigenvalue weighted by Gasteiger charge is 2.31. The number of anilines is 1. The number of pyridine rings is 1. The van der Waals surface area contributed by atoms with Crippen LogP contribution < -0.4 is 5.32 Å². The van der Waals surface area contributed by atoms with E-state index in [1.807, 2.05) is 13.8 Å². The van der Waals surface area contributed by atoms with E-state index in [2.05, 4.69) is 25.5 Å². The molecule has 0 saturated carbocycles. The summed E-state index contributed by atoms with van der Waals surface area (Å²) in [4.78, 5) is 8.59. The van der Waals surface area contributed by atoms with Crippen LogP contribution in [0.5, 0.6) is 0 Å². The molecule has 0 saturated heterocycles. The Morgan fingerprint density at radius 3 is 2.73 bits per heavy atom. The van der Waals surface area contributed by atoms with Crippen molar-refractivity contribution in [2.24, 2.45) is 0 Å². The van der Waals surface area contributed by atoms with Gasteiger partial charge in [0, 0.05) is 24.6 Å². The molecular formula is C16H17F3N6O. The van der Waals surface area contributed by atoms with Crippen LogP contribution in [0.4, 0.5) is 19.0 Å². The Morgan fingerprint density at radius 1 is 1.19 bits per heavy atom. The Balaban J connectivity index is 1.80. The van der Waals surface area contributed by atoms with Crippen LogP contribution in [0.15, 0.2) is 24.4 Å². The second-order valence-electron chi connectivity index (χ2n) is 5.56. The second-order valence-corrected chi connectivity index (χ2v) is 5.56. The molecule has 3 aromatic heterocycles. The van der Waals surface area contributed by atoms with Crippen LogP contribution in [0.2, 0.25) is 0 Å². The van der Waals surface area contributed by atoms with Crippen LogP contribution in [0.1, 0.15) is 29.8 Å². The van der Waals surface area contributed by atoms with E-state index < -0.39 is 11.7 Å². The molecule has 0 atom stereocenters. The van der Waals surface area contributed by atoms with Crippen molar-refractivity contribution in [2.45, 2.75) is 33.2 Å².